The molecule has 1 aliphatic rings. The van der Waals surface area contributed by atoms with Crippen LogP contribution in [0.15, 0.2) is 54.6 Å². The molecule has 0 saturated carbocycles. The molecular formula is C21H18F2O3. The predicted molar refractivity (Wildman–Crippen MR) is 93.3 cm³/mol. The third-order valence-corrected chi connectivity index (χ3v) is 4.50. The minimum Gasteiger partial charge on any atom is -0.465 e. The Labute approximate surface area is 150 Å². The lowest BCUT2D eigenvalue weighted by molar-refractivity contribution is -0.151. The molecule has 134 valence electrons. The summed E-state index contributed by atoms with van der Waals surface area (Å²) >= 11 is 0. The number of allylic oxidation sites excluding steroid dienone is 2. The lowest BCUT2D eigenvalue weighted by atomic mass is 9.73. The first-order valence-electron chi connectivity index (χ1n) is 8.42. The Hall–Kier alpha value is -2.82. The average Bonchev–Trinajstić information content (AvgIpc) is 2.61. The summed E-state index contributed by atoms with van der Waals surface area (Å²) in [5.74, 6) is -3.68. The van der Waals surface area contributed by atoms with Crippen LogP contribution in [0.4, 0.5) is 8.78 Å². The molecule has 2 aromatic rings. The molecule has 0 aliphatic heterocycles. The molecule has 0 heterocycles. The van der Waals surface area contributed by atoms with Crippen molar-refractivity contribution in [3.8, 4) is 0 Å². The molecule has 0 fully saturated rings. The molecule has 0 spiro atoms. The zero-order valence-corrected chi connectivity index (χ0v) is 14.2. The summed E-state index contributed by atoms with van der Waals surface area (Å²) in [7, 11) is 0. The number of ketones is 1. The van der Waals surface area contributed by atoms with Gasteiger partial charge in [-0.2, -0.15) is 0 Å². The fourth-order valence-corrected chi connectivity index (χ4v) is 3.34. The summed E-state index contributed by atoms with van der Waals surface area (Å²) in [6.45, 7) is 1.80. The summed E-state index contributed by atoms with van der Waals surface area (Å²) < 4.78 is 32.9. The van der Waals surface area contributed by atoms with E-state index in [-0.39, 0.29) is 13.0 Å². The van der Waals surface area contributed by atoms with Crippen LogP contribution >= 0.6 is 0 Å². The maximum absolute atomic E-state index is 14.2. The number of hydrogen-bond donors (Lipinski definition) is 0. The highest BCUT2D eigenvalue weighted by Gasteiger charge is 2.40. The summed E-state index contributed by atoms with van der Waals surface area (Å²) in [6.07, 6.45) is 1.54. The van der Waals surface area contributed by atoms with E-state index in [0.29, 0.717) is 16.7 Å². The van der Waals surface area contributed by atoms with Crippen LogP contribution in [0.2, 0.25) is 0 Å². The number of halogens is 2. The highest BCUT2D eigenvalue weighted by atomic mass is 19.1. The molecule has 3 nitrogen and oxygen atoms in total. The predicted octanol–water partition coefficient (Wildman–Crippen LogP) is 4.28. The van der Waals surface area contributed by atoms with E-state index in [2.05, 4.69) is 0 Å². The Morgan fingerprint density at radius 2 is 1.92 bits per heavy atom. The first kappa shape index (κ1) is 18.0. The van der Waals surface area contributed by atoms with Crippen LogP contribution in [-0.4, -0.2) is 18.4 Å². The lowest BCUT2D eigenvalue weighted by Gasteiger charge is -2.29. The van der Waals surface area contributed by atoms with Gasteiger partial charge in [-0.3, -0.25) is 9.59 Å². The van der Waals surface area contributed by atoms with E-state index in [4.69, 9.17) is 4.74 Å². The minimum atomic E-state index is -1.06. The average molecular weight is 356 g/mol. The van der Waals surface area contributed by atoms with Crippen LogP contribution < -0.4 is 0 Å². The molecule has 0 N–H and O–H groups in total. The van der Waals surface area contributed by atoms with E-state index in [1.807, 2.05) is 0 Å². The number of rotatable bonds is 4. The maximum atomic E-state index is 14.2. The van der Waals surface area contributed by atoms with Crippen LogP contribution in [0.1, 0.15) is 30.4 Å². The molecule has 0 aromatic heterocycles. The van der Waals surface area contributed by atoms with Gasteiger partial charge in [-0.25, -0.2) is 8.78 Å². The summed E-state index contributed by atoms with van der Waals surface area (Å²) in [4.78, 5) is 25.0. The van der Waals surface area contributed by atoms with Crippen molar-refractivity contribution in [2.24, 2.45) is 5.92 Å². The third-order valence-electron chi connectivity index (χ3n) is 4.50. The van der Waals surface area contributed by atoms with Crippen LogP contribution in [-0.2, 0) is 14.3 Å². The van der Waals surface area contributed by atoms with E-state index in [9.17, 15) is 18.4 Å². The van der Waals surface area contributed by atoms with E-state index in [0.717, 1.165) is 0 Å². The molecule has 0 bridgehead atoms. The second-order valence-corrected chi connectivity index (χ2v) is 6.15. The topological polar surface area (TPSA) is 43.4 Å². The maximum Gasteiger partial charge on any atom is 0.317 e. The molecule has 0 saturated heterocycles. The van der Waals surface area contributed by atoms with Crippen LogP contribution in [0.25, 0.3) is 5.57 Å². The number of benzene rings is 2. The van der Waals surface area contributed by atoms with Gasteiger partial charge in [0.15, 0.2) is 5.78 Å². The smallest absolute Gasteiger partial charge is 0.317 e. The largest absolute Gasteiger partial charge is 0.465 e. The Kier molecular flexibility index (Phi) is 5.26. The van der Waals surface area contributed by atoms with Gasteiger partial charge in [0.05, 0.1) is 6.61 Å². The van der Waals surface area contributed by atoms with Gasteiger partial charge in [0.1, 0.15) is 17.6 Å². The lowest BCUT2D eigenvalue weighted by Crippen LogP contribution is -2.34. The number of ether oxygens (including phenoxy) is 1. The standard InChI is InChI=1S/C21H18F2O3/c1-2-26-21(25)20-17(13-6-5-7-15(22)10-13)11-14(12-19(20)24)16-8-3-4-9-18(16)23/h3-10,12,17,20H,2,11H2,1H3/t17-,20-/m1/s1. The summed E-state index contributed by atoms with van der Waals surface area (Å²) in [5.41, 5.74) is 1.31. The number of esters is 1. The van der Waals surface area contributed by atoms with Gasteiger partial charge in [0, 0.05) is 11.5 Å². The SMILES string of the molecule is CCOC(=O)[C@H]1C(=O)C=C(c2ccccc2F)C[C@@H]1c1cccc(F)c1. The quantitative estimate of drug-likeness (QED) is 0.606. The van der Waals surface area contributed by atoms with Crippen molar-refractivity contribution in [1.82, 2.24) is 0 Å². The van der Waals surface area contributed by atoms with Crippen molar-refractivity contribution in [3.63, 3.8) is 0 Å². The van der Waals surface area contributed by atoms with Crippen LogP contribution in [0.3, 0.4) is 0 Å². The van der Waals surface area contributed by atoms with Crippen LogP contribution in [0.5, 0.6) is 0 Å². The van der Waals surface area contributed by atoms with Gasteiger partial charge in [-0.15, -0.1) is 0 Å². The van der Waals surface area contributed by atoms with Crippen molar-refractivity contribution in [2.75, 3.05) is 6.61 Å². The normalized spacial score (nSPS) is 19.8. The highest BCUT2D eigenvalue weighted by Crippen LogP contribution is 2.40. The highest BCUT2D eigenvalue weighted by molar-refractivity contribution is 6.10. The van der Waals surface area contributed by atoms with Gasteiger partial charge in [0.2, 0.25) is 0 Å². The Bertz CT molecular complexity index is 873. The van der Waals surface area contributed by atoms with E-state index in [1.165, 1.54) is 30.3 Å². The molecule has 26 heavy (non-hydrogen) atoms. The second kappa shape index (κ2) is 7.60. The van der Waals surface area contributed by atoms with Gasteiger partial charge in [0.25, 0.3) is 0 Å². The number of carbonyl (C=O) groups is 2. The van der Waals surface area contributed by atoms with Gasteiger partial charge < -0.3 is 4.74 Å². The van der Waals surface area contributed by atoms with Crippen molar-refractivity contribution >= 4 is 17.3 Å². The molecule has 2 aromatic carbocycles. The fourth-order valence-electron chi connectivity index (χ4n) is 3.34. The van der Waals surface area contributed by atoms with E-state index in [1.54, 1.807) is 31.2 Å². The zero-order chi connectivity index (χ0) is 18.7. The summed E-state index contributed by atoms with van der Waals surface area (Å²) in [5, 5.41) is 0. The van der Waals surface area contributed by atoms with Gasteiger partial charge in [-0.05, 0) is 48.8 Å². The van der Waals surface area contributed by atoms with Crippen molar-refractivity contribution in [1.29, 1.82) is 0 Å². The Morgan fingerprint density at radius 3 is 2.62 bits per heavy atom. The summed E-state index contributed by atoms with van der Waals surface area (Å²) in [6, 6.07) is 11.9. The molecule has 1 aliphatic carbocycles. The molecule has 2 atom stereocenters. The first-order valence-corrected chi connectivity index (χ1v) is 8.42. The van der Waals surface area contributed by atoms with Crippen LogP contribution in [0, 0.1) is 17.6 Å². The van der Waals surface area contributed by atoms with Crippen molar-refractivity contribution in [2.45, 2.75) is 19.3 Å². The second-order valence-electron chi connectivity index (χ2n) is 6.15. The zero-order valence-electron chi connectivity index (χ0n) is 14.2. The Morgan fingerprint density at radius 1 is 1.15 bits per heavy atom. The molecule has 5 heteroatoms. The van der Waals surface area contributed by atoms with E-state index < -0.39 is 35.2 Å². The molecular weight excluding hydrogens is 338 g/mol. The van der Waals surface area contributed by atoms with E-state index >= 15 is 0 Å². The molecule has 0 amide bonds. The van der Waals surface area contributed by atoms with Gasteiger partial charge in [-0.1, -0.05) is 30.3 Å². The van der Waals surface area contributed by atoms with Crippen molar-refractivity contribution < 1.29 is 23.1 Å². The van der Waals surface area contributed by atoms with Gasteiger partial charge >= 0.3 is 5.97 Å². The number of carbonyl (C=O) groups excluding carboxylic acids is 2. The first-order chi connectivity index (χ1) is 12.5. The Balaban J connectivity index is 2.06. The third kappa shape index (κ3) is 3.57. The minimum absolute atomic E-state index is 0.141. The molecule has 0 unspecified atom stereocenters. The number of hydrogen-bond acceptors (Lipinski definition) is 3. The van der Waals surface area contributed by atoms with Crippen molar-refractivity contribution in [3.05, 3.63) is 77.4 Å². The molecule has 3 rings (SSSR count). The molecule has 0 radical (unpaired) electrons. The fraction of sp³-hybridized carbons (Fsp3) is 0.238. The monoisotopic (exact) mass is 356 g/mol.